The van der Waals surface area contributed by atoms with E-state index in [0.29, 0.717) is 34.8 Å². The van der Waals surface area contributed by atoms with Gasteiger partial charge in [-0.05, 0) is 44.0 Å². The van der Waals surface area contributed by atoms with Crippen LogP contribution in [0, 0.1) is 18.3 Å². The molecule has 0 spiro atoms. The normalized spacial score (nSPS) is 16.1. The summed E-state index contributed by atoms with van der Waals surface area (Å²) in [5.74, 6) is 0.939. The van der Waals surface area contributed by atoms with Gasteiger partial charge in [-0.1, -0.05) is 0 Å². The molecule has 0 amide bonds. The fourth-order valence-corrected chi connectivity index (χ4v) is 4.66. The van der Waals surface area contributed by atoms with Gasteiger partial charge < -0.3 is 14.3 Å². The number of benzene rings is 1. The van der Waals surface area contributed by atoms with Gasteiger partial charge in [0.1, 0.15) is 29.9 Å². The largest absolute Gasteiger partial charge is 0.495 e. The summed E-state index contributed by atoms with van der Waals surface area (Å²) in [5.41, 5.74) is 3.76. The number of fused-ring (bicyclic) bond motifs is 2. The Hall–Kier alpha value is -3.74. The lowest BCUT2D eigenvalue weighted by Gasteiger charge is -2.24. The van der Waals surface area contributed by atoms with Gasteiger partial charge >= 0.3 is 6.18 Å². The molecule has 7 nitrogen and oxygen atoms in total. The first-order valence-corrected chi connectivity index (χ1v) is 10.6. The van der Waals surface area contributed by atoms with Crippen LogP contribution in [0.5, 0.6) is 5.75 Å². The molecule has 5 rings (SSSR count). The number of aryl methyl sites for hydroxylation is 2. The average molecular weight is 454 g/mol. The van der Waals surface area contributed by atoms with E-state index in [1.807, 2.05) is 22.9 Å². The number of aromatic amines is 1. The van der Waals surface area contributed by atoms with Crippen molar-refractivity contribution in [2.24, 2.45) is 0 Å². The molecule has 1 N–H and O–H groups in total. The number of nitriles is 1. The van der Waals surface area contributed by atoms with Gasteiger partial charge in [0.05, 0.1) is 30.0 Å². The number of methoxy groups -OCH3 is 1. The van der Waals surface area contributed by atoms with E-state index in [9.17, 15) is 18.4 Å². The van der Waals surface area contributed by atoms with Gasteiger partial charge in [-0.3, -0.25) is 4.68 Å². The molecule has 4 heterocycles. The molecule has 0 saturated carbocycles. The summed E-state index contributed by atoms with van der Waals surface area (Å²) in [7, 11) is 1.52. The number of imidazole rings is 1. The monoisotopic (exact) mass is 454 g/mol. The van der Waals surface area contributed by atoms with Gasteiger partial charge in [-0.15, -0.1) is 0 Å². The number of hydrogen-bond donors (Lipinski definition) is 1. The van der Waals surface area contributed by atoms with Crippen LogP contribution >= 0.6 is 0 Å². The molecule has 1 atom stereocenters. The Morgan fingerprint density at radius 2 is 2.12 bits per heavy atom. The van der Waals surface area contributed by atoms with Gasteiger partial charge in [0.2, 0.25) is 0 Å². The SMILES string of the molecule is COc1c(C#N)ccc2[nH]c(-c3cn4c(n3)C(c3cc(C)nn3CC(F)(F)F)CCC4)cc12. The van der Waals surface area contributed by atoms with Crippen molar-refractivity contribution in [3.05, 3.63) is 53.2 Å². The van der Waals surface area contributed by atoms with Gasteiger partial charge in [-0.25, -0.2) is 4.98 Å². The predicted molar refractivity (Wildman–Crippen MR) is 115 cm³/mol. The van der Waals surface area contributed by atoms with E-state index in [1.54, 1.807) is 19.1 Å². The molecule has 0 aliphatic carbocycles. The second-order valence-electron chi connectivity index (χ2n) is 8.26. The van der Waals surface area contributed by atoms with E-state index in [0.717, 1.165) is 40.1 Å². The number of alkyl halides is 3. The van der Waals surface area contributed by atoms with Gasteiger partial charge in [0, 0.05) is 29.3 Å². The Labute approximate surface area is 187 Å². The number of ether oxygens (including phenoxy) is 1. The van der Waals surface area contributed by atoms with E-state index >= 15 is 0 Å². The maximum absolute atomic E-state index is 13.1. The lowest BCUT2D eigenvalue weighted by Crippen LogP contribution is -2.24. The first-order valence-electron chi connectivity index (χ1n) is 10.6. The first-order chi connectivity index (χ1) is 15.8. The van der Waals surface area contributed by atoms with Crippen LogP contribution in [0.3, 0.4) is 0 Å². The zero-order chi connectivity index (χ0) is 23.3. The summed E-state index contributed by atoms with van der Waals surface area (Å²) in [5, 5.41) is 14.2. The van der Waals surface area contributed by atoms with Gasteiger partial charge in [0.25, 0.3) is 0 Å². The van der Waals surface area contributed by atoms with Crippen molar-refractivity contribution < 1.29 is 17.9 Å². The minimum absolute atomic E-state index is 0.278. The predicted octanol–water partition coefficient (Wildman–Crippen LogP) is 4.90. The van der Waals surface area contributed by atoms with E-state index in [-0.39, 0.29) is 5.92 Å². The highest BCUT2D eigenvalue weighted by Gasteiger charge is 2.33. The number of aromatic nitrogens is 5. The van der Waals surface area contributed by atoms with E-state index < -0.39 is 12.7 Å². The van der Waals surface area contributed by atoms with Crippen LogP contribution in [0.1, 0.15) is 41.5 Å². The molecule has 1 unspecified atom stereocenters. The summed E-state index contributed by atoms with van der Waals surface area (Å²) >= 11 is 0. The number of nitrogens with zero attached hydrogens (tertiary/aromatic N) is 5. The highest BCUT2D eigenvalue weighted by atomic mass is 19.4. The second kappa shape index (κ2) is 7.69. The van der Waals surface area contributed by atoms with Crippen molar-refractivity contribution in [1.82, 2.24) is 24.3 Å². The standard InChI is InChI=1S/C23H21F3N6O/c1-13-8-20(32(30-13)12-23(24,25)26)15-4-3-7-31-11-19(29-22(15)31)18-9-16-17(28-18)6-5-14(10-27)21(16)33-2/h5-6,8-9,11,15,28H,3-4,7,12H2,1-2H3. The molecule has 170 valence electrons. The molecular weight excluding hydrogens is 433 g/mol. The lowest BCUT2D eigenvalue weighted by molar-refractivity contribution is -0.143. The van der Waals surface area contributed by atoms with Crippen LogP contribution in [0.2, 0.25) is 0 Å². The third-order valence-corrected chi connectivity index (χ3v) is 5.98. The quantitative estimate of drug-likeness (QED) is 0.475. The fourth-order valence-electron chi connectivity index (χ4n) is 4.66. The summed E-state index contributed by atoms with van der Waals surface area (Å²) in [4.78, 5) is 8.14. The van der Waals surface area contributed by atoms with Crippen molar-refractivity contribution in [3.8, 4) is 23.2 Å². The summed E-state index contributed by atoms with van der Waals surface area (Å²) < 4.78 is 47.9. The first kappa shape index (κ1) is 21.1. The van der Waals surface area contributed by atoms with E-state index in [4.69, 9.17) is 9.72 Å². The molecule has 4 aromatic rings. The molecule has 0 radical (unpaired) electrons. The summed E-state index contributed by atoms with van der Waals surface area (Å²) in [6.45, 7) is 1.32. The number of rotatable bonds is 4. The Morgan fingerprint density at radius 3 is 2.85 bits per heavy atom. The minimum atomic E-state index is -4.35. The highest BCUT2D eigenvalue weighted by molar-refractivity contribution is 5.92. The highest BCUT2D eigenvalue weighted by Crippen LogP contribution is 2.37. The second-order valence-corrected chi connectivity index (χ2v) is 8.26. The molecule has 1 aromatic carbocycles. The van der Waals surface area contributed by atoms with Crippen molar-refractivity contribution in [1.29, 1.82) is 5.26 Å². The Bertz CT molecular complexity index is 1390. The number of halogens is 3. The third kappa shape index (κ3) is 3.73. The third-order valence-electron chi connectivity index (χ3n) is 5.98. The van der Waals surface area contributed by atoms with Crippen LogP contribution in [-0.2, 0) is 13.1 Å². The van der Waals surface area contributed by atoms with Crippen molar-refractivity contribution in [3.63, 3.8) is 0 Å². The van der Waals surface area contributed by atoms with Gasteiger partial charge in [-0.2, -0.15) is 23.5 Å². The molecule has 1 aliphatic rings. The molecule has 3 aromatic heterocycles. The van der Waals surface area contributed by atoms with Crippen LogP contribution < -0.4 is 4.74 Å². The van der Waals surface area contributed by atoms with E-state index in [2.05, 4.69) is 16.2 Å². The molecule has 33 heavy (non-hydrogen) atoms. The molecule has 1 aliphatic heterocycles. The average Bonchev–Trinajstić information content (AvgIpc) is 3.47. The molecular formula is C23H21F3N6O. The lowest BCUT2D eigenvalue weighted by atomic mass is 9.95. The maximum atomic E-state index is 13.1. The number of nitrogens with one attached hydrogen (secondary N) is 1. The van der Waals surface area contributed by atoms with Crippen molar-refractivity contribution in [2.45, 2.75) is 44.9 Å². The number of H-pyrrole nitrogens is 1. The van der Waals surface area contributed by atoms with Crippen LogP contribution in [-0.4, -0.2) is 37.6 Å². The van der Waals surface area contributed by atoms with Crippen LogP contribution in [0.4, 0.5) is 13.2 Å². The Kier molecular flexibility index (Phi) is 4.92. The van der Waals surface area contributed by atoms with Crippen LogP contribution in [0.15, 0.2) is 30.5 Å². The smallest absolute Gasteiger partial charge is 0.408 e. The molecule has 0 fully saturated rings. The van der Waals surface area contributed by atoms with Crippen LogP contribution in [0.25, 0.3) is 22.3 Å². The Balaban J connectivity index is 1.57. The topological polar surface area (TPSA) is 84.4 Å². The van der Waals surface area contributed by atoms with Gasteiger partial charge in [0.15, 0.2) is 0 Å². The molecule has 0 bridgehead atoms. The zero-order valence-corrected chi connectivity index (χ0v) is 18.1. The van der Waals surface area contributed by atoms with E-state index in [1.165, 1.54) is 7.11 Å². The van der Waals surface area contributed by atoms with Crippen molar-refractivity contribution >= 4 is 10.9 Å². The summed E-state index contributed by atoms with van der Waals surface area (Å²) in [6, 6.07) is 9.24. The number of hydrogen-bond acceptors (Lipinski definition) is 4. The fraction of sp³-hybridized carbons (Fsp3) is 0.348. The summed E-state index contributed by atoms with van der Waals surface area (Å²) in [6.07, 6.45) is -0.906. The zero-order valence-electron chi connectivity index (χ0n) is 18.1. The Morgan fingerprint density at radius 1 is 1.30 bits per heavy atom. The van der Waals surface area contributed by atoms with Crippen molar-refractivity contribution in [2.75, 3.05) is 7.11 Å². The molecule has 10 heteroatoms. The maximum Gasteiger partial charge on any atom is 0.408 e. The molecule has 0 saturated heterocycles. The minimum Gasteiger partial charge on any atom is -0.495 e.